The molecule has 25 heavy (non-hydrogen) atoms. The maximum absolute atomic E-state index is 12.5. The van der Waals surface area contributed by atoms with Gasteiger partial charge in [-0.15, -0.1) is 0 Å². The summed E-state index contributed by atoms with van der Waals surface area (Å²) in [6, 6.07) is 0. The Morgan fingerprint density at radius 1 is 1.16 bits per heavy atom. The van der Waals surface area contributed by atoms with Crippen LogP contribution in [0.4, 0.5) is 0 Å². The lowest BCUT2D eigenvalue weighted by Gasteiger charge is -2.58. The first-order chi connectivity index (χ1) is 11.8. The van der Waals surface area contributed by atoms with Crippen LogP contribution < -0.4 is 0 Å². The fraction of sp³-hybridized carbons (Fsp3) is 0.810. The summed E-state index contributed by atoms with van der Waals surface area (Å²) in [5, 5.41) is 11.5. The van der Waals surface area contributed by atoms with E-state index in [1.54, 1.807) is 0 Å². The number of carbonyl (C=O) groups excluding carboxylic acids is 2. The third kappa shape index (κ3) is 2.25. The van der Waals surface area contributed by atoms with Crippen LogP contribution in [0.1, 0.15) is 65.2 Å². The highest BCUT2D eigenvalue weighted by atomic mass is 79.9. The van der Waals surface area contributed by atoms with E-state index in [9.17, 15) is 14.7 Å². The summed E-state index contributed by atoms with van der Waals surface area (Å²) >= 11 is 3.28. The van der Waals surface area contributed by atoms with Gasteiger partial charge >= 0.3 is 0 Å². The summed E-state index contributed by atoms with van der Waals surface area (Å²) in [7, 11) is 0. The molecular weight excluding hydrogens is 380 g/mol. The molecule has 4 aliphatic carbocycles. The zero-order valence-corrected chi connectivity index (χ0v) is 16.9. The third-order valence-corrected chi connectivity index (χ3v) is 9.21. The molecule has 0 saturated heterocycles. The van der Waals surface area contributed by atoms with Crippen LogP contribution in [0.3, 0.4) is 0 Å². The van der Waals surface area contributed by atoms with Crippen molar-refractivity contribution in [2.75, 3.05) is 5.33 Å². The summed E-state index contributed by atoms with van der Waals surface area (Å²) in [5.74, 6) is 1.85. The lowest BCUT2D eigenvalue weighted by Crippen LogP contribution is -2.57. The van der Waals surface area contributed by atoms with E-state index in [4.69, 9.17) is 0 Å². The third-order valence-electron chi connectivity index (χ3n) is 8.70. The first kappa shape index (κ1) is 17.9. The van der Waals surface area contributed by atoms with E-state index in [2.05, 4.69) is 29.8 Å². The second kappa shape index (κ2) is 5.76. The zero-order chi connectivity index (χ0) is 18.0. The Labute approximate surface area is 158 Å². The molecule has 0 aliphatic heterocycles. The Kier molecular flexibility index (Phi) is 4.12. The van der Waals surface area contributed by atoms with E-state index < -0.39 is 5.60 Å². The highest BCUT2D eigenvalue weighted by Crippen LogP contribution is 2.67. The molecule has 3 nitrogen and oxygen atoms in total. The Morgan fingerprint density at radius 3 is 2.60 bits per heavy atom. The van der Waals surface area contributed by atoms with Gasteiger partial charge in [-0.05, 0) is 74.2 Å². The molecule has 4 heteroatoms. The minimum Gasteiger partial charge on any atom is -0.381 e. The molecule has 0 amide bonds. The number of hydrogen-bond donors (Lipinski definition) is 1. The molecule has 0 radical (unpaired) electrons. The molecule has 4 aliphatic rings. The van der Waals surface area contributed by atoms with Gasteiger partial charge in [0.05, 0.1) is 5.33 Å². The fourth-order valence-corrected chi connectivity index (χ4v) is 7.61. The monoisotopic (exact) mass is 408 g/mol. The molecule has 0 bridgehead atoms. The highest BCUT2D eigenvalue weighted by Gasteiger charge is 2.65. The highest BCUT2D eigenvalue weighted by molar-refractivity contribution is 9.09. The van der Waals surface area contributed by atoms with Gasteiger partial charge in [-0.2, -0.15) is 0 Å². The number of hydrogen-bond acceptors (Lipinski definition) is 3. The van der Waals surface area contributed by atoms with Crippen molar-refractivity contribution >= 4 is 27.5 Å². The average Bonchev–Trinajstić information content (AvgIpc) is 2.87. The van der Waals surface area contributed by atoms with Gasteiger partial charge in [-0.3, -0.25) is 9.59 Å². The van der Waals surface area contributed by atoms with Gasteiger partial charge in [0.25, 0.3) is 0 Å². The second-order valence-electron chi connectivity index (χ2n) is 9.38. The number of Topliss-reactive ketones (excluding diaryl/α,β-unsaturated/α-hetero) is 1. The van der Waals surface area contributed by atoms with Gasteiger partial charge < -0.3 is 5.11 Å². The van der Waals surface area contributed by atoms with Crippen molar-refractivity contribution in [1.82, 2.24) is 0 Å². The lowest BCUT2D eigenvalue weighted by atomic mass is 9.46. The summed E-state index contributed by atoms with van der Waals surface area (Å²) in [5.41, 5.74) is 0.0730. The molecule has 3 unspecified atom stereocenters. The van der Waals surface area contributed by atoms with Gasteiger partial charge in [-0.1, -0.05) is 35.4 Å². The topological polar surface area (TPSA) is 54.4 Å². The van der Waals surface area contributed by atoms with Gasteiger partial charge in [0.2, 0.25) is 0 Å². The number of allylic oxidation sites excluding steroid dienone is 1. The molecule has 3 saturated carbocycles. The Bertz CT molecular complexity index is 656. The van der Waals surface area contributed by atoms with Crippen LogP contribution in [0, 0.1) is 28.6 Å². The van der Waals surface area contributed by atoms with E-state index in [0.717, 1.165) is 38.5 Å². The predicted octanol–water partition coefficient (Wildman–Crippen LogP) is 4.21. The Hall–Kier alpha value is -0.480. The molecule has 4 rings (SSSR count). The van der Waals surface area contributed by atoms with Crippen molar-refractivity contribution in [2.45, 2.75) is 70.8 Å². The summed E-state index contributed by atoms with van der Waals surface area (Å²) in [6.07, 6.45) is 9.28. The molecule has 0 heterocycles. The minimum absolute atomic E-state index is 0.0400. The molecule has 1 N–H and O–H groups in total. The van der Waals surface area contributed by atoms with Crippen LogP contribution in [0.15, 0.2) is 11.6 Å². The molecule has 138 valence electrons. The summed E-state index contributed by atoms with van der Waals surface area (Å²) < 4.78 is 0. The molecule has 3 fully saturated rings. The first-order valence-electron chi connectivity index (χ1n) is 9.82. The Balaban J connectivity index is 1.68. The normalized spacial score (nSPS) is 49.0. The maximum Gasteiger partial charge on any atom is 0.175 e. The van der Waals surface area contributed by atoms with E-state index in [1.807, 2.05) is 6.08 Å². The quantitative estimate of drug-likeness (QED) is 0.695. The molecule has 0 aromatic heterocycles. The molecule has 6 atom stereocenters. The van der Waals surface area contributed by atoms with Crippen LogP contribution in [-0.2, 0) is 9.59 Å². The van der Waals surface area contributed by atoms with Crippen molar-refractivity contribution in [2.24, 2.45) is 28.6 Å². The van der Waals surface area contributed by atoms with Crippen LogP contribution >= 0.6 is 15.9 Å². The van der Waals surface area contributed by atoms with Gasteiger partial charge in [-0.25, -0.2) is 0 Å². The number of rotatable bonds is 2. The van der Waals surface area contributed by atoms with Crippen LogP contribution in [-0.4, -0.2) is 27.6 Å². The second-order valence-corrected chi connectivity index (χ2v) is 9.94. The first-order valence-corrected chi connectivity index (χ1v) is 10.9. The molecular formula is C21H29BrO3. The van der Waals surface area contributed by atoms with E-state index in [-0.39, 0.29) is 21.9 Å². The molecule has 0 aromatic rings. The van der Waals surface area contributed by atoms with Crippen molar-refractivity contribution in [1.29, 1.82) is 0 Å². The van der Waals surface area contributed by atoms with Crippen molar-refractivity contribution in [3.8, 4) is 0 Å². The van der Waals surface area contributed by atoms with Crippen molar-refractivity contribution in [3.63, 3.8) is 0 Å². The van der Waals surface area contributed by atoms with Crippen LogP contribution in [0.2, 0.25) is 0 Å². The van der Waals surface area contributed by atoms with E-state index in [0.29, 0.717) is 36.4 Å². The number of fused-ring (bicyclic) bond motifs is 5. The van der Waals surface area contributed by atoms with Gasteiger partial charge in [0.1, 0.15) is 5.60 Å². The number of ketones is 2. The number of halogens is 1. The molecule has 0 aromatic carbocycles. The largest absolute Gasteiger partial charge is 0.381 e. The van der Waals surface area contributed by atoms with E-state index >= 15 is 0 Å². The maximum atomic E-state index is 12.5. The number of aliphatic hydroxyl groups is 1. The van der Waals surface area contributed by atoms with Crippen LogP contribution in [0.25, 0.3) is 0 Å². The SMILES string of the molecule is C[C@]12CCC3C(CCC4=CC(=O)CC[C@]43C)C1CC[C@@]2(O)C(=O)CBr. The molecule has 0 spiro atoms. The smallest absolute Gasteiger partial charge is 0.175 e. The summed E-state index contributed by atoms with van der Waals surface area (Å²) in [6.45, 7) is 4.54. The standard InChI is InChI=1S/C21H29BrO3/c1-19-8-5-14(23)11-13(19)3-4-15-16(19)6-9-20(2)17(15)7-10-21(20,25)18(24)12-22/h11,15-17,25H,3-10,12H2,1-2H3/t15?,16?,17?,19-,20+,21-/m1/s1. The summed E-state index contributed by atoms with van der Waals surface area (Å²) in [4.78, 5) is 24.4. The lowest BCUT2D eigenvalue weighted by molar-refractivity contribution is -0.159. The average molecular weight is 409 g/mol. The number of carbonyl (C=O) groups is 2. The predicted molar refractivity (Wildman–Crippen MR) is 100 cm³/mol. The number of alkyl halides is 1. The van der Waals surface area contributed by atoms with Gasteiger partial charge in [0, 0.05) is 11.8 Å². The van der Waals surface area contributed by atoms with Crippen LogP contribution in [0.5, 0.6) is 0 Å². The van der Waals surface area contributed by atoms with Gasteiger partial charge in [0.15, 0.2) is 11.6 Å². The van der Waals surface area contributed by atoms with Crippen molar-refractivity contribution < 1.29 is 14.7 Å². The van der Waals surface area contributed by atoms with Crippen molar-refractivity contribution in [3.05, 3.63) is 11.6 Å². The van der Waals surface area contributed by atoms with E-state index in [1.165, 1.54) is 5.57 Å². The zero-order valence-electron chi connectivity index (χ0n) is 15.3. The Morgan fingerprint density at radius 2 is 1.88 bits per heavy atom. The minimum atomic E-state index is -1.16. The fourth-order valence-electron chi connectivity index (χ4n) is 7.14.